The molecule has 0 amide bonds. The van der Waals surface area contributed by atoms with Crippen LogP contribution in [0.15, 0.2) is 47.1 Å². The number of imidazole rings is 1. The van der Waals surface area contributed by atoms with E-state index in [4.69, 9.17) is 4.98 Å². The highest BCUT2D eigenvalue weighted by Crippen LogP contribution is 2.39. The molecule has 3 heteroatoms. The fourth-order valence-corrected chi connectivity index (χ4v) is 3.47. The maximum Gasteiger partial charge on any atom is 0.152 e. The molecule has 0 bridgehead atoms. The molecule has 1 unspecified atom stereocenters. The Morgan fingerprint density at radius 2 is 2.05 bits per heavy atom. The Balaban J connectivity index is 2.11. The van der Waals surface area contributed by atoms with Crippen molar-refractivity contribution in [3.8, 4) is 11.3 Å². The summed E-state index contributed by atoms with van der Waals surface area (Å²) in [5.41, 5.74) is 6.17. The average molecular weight is 313 g/mol. The van der Waals surface area contributed by atoms with Gasteiger partial charge in [-0.3, -0.25) is 0 Å². The van der Waals surface area contributed by atoms with Crippen LogP contribution in [-0.4, -0.2) is 9.38 Å². The Labute approximate surface area is 120 Å². The van der Waals surface area contributed by atoms with Crippen molar-refractivity contribution in [2.45, 2.75) is 19.3 Å². The Morgan fingerprint density at radius 3 is 2.95 bits per heavy atom. The lowest BCUT2D eigenvalue weighted by molar-refractivity contribution is 0.724. The third kappa shape index (κ3) is 1.51. The van der Waals surface area contributed by atoms with Gasteiger partial charge in [0.05, 0.1) is 15.9 Å². The van der Waals surface area contributed by atoms with Gasteiger partial charge in [0.2, 0.25) is 0 Å². The van der Waals surface area contributed by atoms with E-state index in [-0.39, 0.29) is 0 Å². The molecule has 2 heterocycles. The largest absolute Gasteiger partial charge is 0.302 e. The SMILES string of the molecule is CC1Cc2c(nc3c(Br)cccn23)-c2ccccc21. The van der Waals surface area contributed by atoms with Crippen LogP contribution in [0, 0.1) is 0 Å². The van der Waals surface area contributed by atoms with Crippen LogP contribution in [0.4, 0.5) is 0 Å². The van der Waals surface area contributed by atoms with E-state index in [9.17, 15) is 0 Å². The smallest absolute Gasteiger partial charge is 0.152 e. The first-order chi connectivity index (χ1) is 9.25. The van der Waals surface area contributed by atoms with Gasteiger partial charge in [0.15, 0.2) is 5.65 Å². The van der Waals surface area contributed by atoms with Crippen LogP contribution in [0.3, 0.4) is 0 Å². The zero-order chi connectivity index (χ0) is 13.0. The second-order valence-electron chi connectivity index (χ2n) is 5.15. The van der Waals surface area contributed by atoms with Gasteiger partial charge >= 0.3 is 0 Å². The maximum atomic E-state index is 4.84. The molecule has 1 aliphatic carbocycles. The Kier molecular flexibility index (Phi) is 2.33. The van der Waals surface area contributed by atoms with Crippen LogP contribution >= 0.6 is 15.9 Å². The molecule has 1 aliphatic rings. The monoisotopic (exact) mass is 312 g/mol. The van der Waals surface area contributed by atoms with Gasteiger partial charge in [-0.15, -0.1) is 0 Å². The summed E-state index contributed by atoms with van der Waals surface area (Å²) in [4.78, 5) is 4.84. The first kappa shape index (κ1) is 11.2. The molecule has 3 aromatic rings. The molecule has 0 radical (unpaired) electrons. The molecule has 1 atom stereocenters. The summed E-state index contributed by atoms with van der Waals surface area (Å²) in [6.07, 6.45) is 3.15. The fourth-order valence-electron chi connectivity index (χ4n) is 3.04. The molecule has 94 valence electrons. The number of aromatic nitrogens is 2. The van der Waals surface area contributed by atoms with Crippen molar-refractivity contribution in [1.82, 2.24) is 9.38 Å². The summed E-state index contributed by atoms with van der Waals surface area (Å²) in [5.74, 6) is 0.544. The van der Waals surface area contributed by atoms with Crippen LogP contribution < -0.4 is 0 Å². The van der Waals surface area contributed by atoms with Gasteiger partial charge in [-0.1, -0.05) is 31.2 Å². The Morgan fingerprint density at radius 1 is 1.21 bits per heavy atom. The van der Waals surface area contributed by atoms with E-state index in [1.807, 2.05) is 6.07 Å². The molecule has 0 saturated heterocycles. The molecule has 0 fully saturated rings. The quantitative estimate of drug-likeness (QED) is 0.600. The lowest BCUT2D eigenvalue weighted by Crippen LogP contribution is -2.09. The number of hydrogen-bond acceptors (Lipinski definition) is 1. The van der Waals surface area contributed by atoms with E-state index >= 15 is 0 Å². The summed E-state index contributed by atoms with van der Waals surface area (Å²) in [5, 5.41) is 0. The molecule has 0 spiro atoms. The number of nitrogens with zero attached hydrogens (tertiary/aromatic N) is 2. The standard InChI is InChI=1S/C16H13BrN2/c1-10-9-14-15(12-6-3-2-5-11(10)12)18-16-13(17)7-4-8-19(14)16/h2-8,10H,9H2,1H3. The minimum Gasteiger partial charge on any atom is -0.302 e. The molecular formula is C16H13BrN2. The lowest BCUT2D eigenvalue weighted by Gasteiger charge is -2.21. The highest BCUT2D eigenvalue weighted by molar-refractivity contribution is 9.10. The second kappa shape index (κ2) is 3.94. The molecule has 0 aliphatic heterocycles. The molecule has 0 saturated carbocycles. The zero-order valence-corrected chi connectivity index (χ0v) is 12.2. The summed E-state index contributed by atoms with van der Waals surface area (Å²) < 4.78 is 3.26. The molecule has 4 rings (SSSR count). The van der Waals surface area contributed by atoms with Gasteiger partial charge in [0, 0.05) is 11.8 Å². The van der Waals surface area contributed by atoms with Crippen molar-refractivity contribution < 1.29 is 0 Å². The average Bonchev–Trinajstić information content (AvgIpc) is 2.80. The molecule has 0 N–H and O–H groups in total. The van der Waals surface area contributed by atoms with E-state index in [0.29, 0.717) is 5.92 Å². The van der Waals surface area contributed by atoms with E-state index < -0.39 is 0 Å². The third-order valence-corrected chi connectivity index (χ3v) is 4.57. The summed E-state index contributed by atoms with van der Waals surface area (Å²) in [6, 6.07) is 12.7. The number of halogens is 1. The van der Waals surface area contributed by atoms with Crippen LogP contribution in [0.2, 0.25) is 0 Å². The van der Waals surface area contributed by atoms with Crippen molar-refractivity contribution in [1.29, 1.82) is 0 Å². The van der Waals surface area contributed by atoms with Crippen LogP contribution in [0.25, 0.3) is 16.9 Å². The Bertz CT molecular complexity index is 789. The van der Waals surface area contributed by atoms with Crippen LogP contribution in [0.1, 0.15) is 24.1 Å². The minimum absolute atomic E-state index is 0.544. The first-order valence-corrected chi connectivity index (χ1v) is 7.30. The predicted octanol–water partition coefficient (Wildman–Crippen LogP) is 4.42. The van der Waals surface area contributed by atoms with Crippen molar-refractivity contribution in [3.05, 3.63) is 58.3 Å². The van der Waals surface area contributed by atoms with Gasteiger partial charge in [0.25, 0.3) is 0 Å². The summed E-state index contributed by atoms with van der Waals surface area (Å²) in [7, 11) is 0. The number of rotatable bonds is 0. The number of fused-ring (bicyclic) bond motifs is 5. The van der Waals surface area contributed by atoms with Gasteiger partial charge in [0.1, 0.15) is 0 Å². The van der Waals surface area contributed by atoms with Crippen LogP contribution in [-0.2, 0) is 6.42 Å². The van der Waals surface area contributed by atoms with Crippen molar-refractivity contribution in [3.63, 3.8) is 0 Å². The highest BCUT2D eigenvalue weighted by Gasteiger charge is 2.26. The number of pyridine rings is 1. The van der Waals surface area contributed by atoms with Crippen molar-refractivity contribution in [2.24, 2.45) is 0 Å². The molecular weight excluding hydrogens is 300 g/mol. The summed E-state index contributed by atoms with van der Waals surface area (Å²) in [6.45, 7) is 2.29. The molecule has 2 nitrogen and oxygen atoms in total. The van der Waals surface area contributed by atoms with Gasteiger partial charge < -0.3 is 4.40 Å². The topological polar surface area (TPSA) is 17.3 Å². The van der Waals surface area contributed by atoms with E-state index in [2.05, 4.69) is 63.8 Å². The Hall–Kier alpha value is -1.61. The van der Waals surface area contributed by atoms with Crippen molar-refractivity contribution in [2.75, 3.05) is 0 Å². The molecule has 19 heavy (non-hydrogen) atoms. The maximum absolute atomic E-state index is 4.84. The number of benzene rings is 1. The lowest BCUT2D eigenvalue weighted by atomic mass is 9.84. The van der Waals surface area contributed by atoms with E-state index in [0.717, 1.165) is 22.2 Å². The van der Waals surface area contributed by atoms with E-state index in [1.165, 1.54) is 16.8 Å². The normalized spacial score (nSPS) is 17.3. The fraction of sp³-hybridized carbons (Fsp3) is 0.188. The van der Waals surface area contributed by atoms with Crippen LogP contribution in [0.5, 0.6) is 0 Å². The van der Waals surface area contributed by atoms with Crippen molar-refractivity contribution >= 4 is 21.6 Å². The third-order valence-electron chi connectivity index (χ3n) is 3.95. The highest BCUT2D eigenvalue weighted by atomic mass is 79.9. The predicted molar refractivity (Wildman–Crippen MR) is 80.4 cm³/mol. The van der Waals surface area contributed by atoms with E-state index in [1.54, 1.807) is 0 Å². The first-order valence-electron chi connectivity index (χ1n) is 6.50. The van der Waals surface area contributed by atoms with Gasteiger partial charge in [-0.05, 0) is 46.0 Å². The molecule has 2 aromatic heterocycles. The van der Waals surface area contributed by atoms with Gasteiger partial charge in [-0.25, -0.2) is 4.98 Å². The summed E-state index contributed by atoms with van der Waals surface area (Å²) >= 11 is 3.59. The van der Waals surface area contributed by atoms with Gasteiger partial charge in [-0.2, -0.15) is 0 Å². The zero-order valence-electron chi connectivity index (χ0n) is 10.6. The second-order valence-corrected chi connectivity index (χ2v) is 6.00. The minimum atomic E-state index is 0.544. The number of hydrogen-bond donors (Lipinski definition) is 0. The molecule has 1 aromatic carbocycles.